The Kier molecular flexibility index (Phi) is 6.48. The fourth-order valence-electron chi connectivity index (χ4n) is 2.72. The van der Waals surface area contributed by atoms with E-state index in [1.807, 2.05) is 0 Å². The largest absolute Gasteiger partial charge is 0.314 e. The molecule has 1 heterocycles. The van der Waals surface area contributed by atoms with Crippen LogP contribution in [-0.4, -0.2) is 56.0 Å². The Balaban J connectivity index is 2.37. The number of nitrogens with zero attached hydrogens (tertiary/aromatic N) is 1. The fraction of sp³-hybridized carbons (Fsp3) is 1.00. The number of rotatable bonds is 6. The van der Waals surface area contributed by atoms with Gasteiger partial charge in [-0.25, -0.2) is 8.42 Å². The highest BCUT2D eigenvalue weighted by atomic mass is 32.2. The van der Waals surface area contributed by atoms with Gasteiger partial charge >= 0.3 is 0 Å². The zero-order valence-corrected chi connectivity index (χ0v) is 14.6. The highest BCUT2D eigenvalue weighted by Gasteiger charge is 2.30. The molecule has 0 aliphatic carbocycles. The van der Waals surface area contributed by atoms with Crippen LogP contribution in [0.3, 0.4) is 0 Å². The summed E-state index contributed by atoms with van der Waals surface area (Å²) in [6, 6.07) is 0.570. The third-order valence-electron chi connectivity index (χ3n) is 4.47. The van der Waals surface area contributed by atoms with E-state index in [0.29, 0.717) is 12.6 Å². The lowest BCUT2D eigenvalue weighted by Gasteiger charge is -2.35. The molecule has 4 nitrogen and oxygen atoms in total. The van der Waals surface area contributed by atoms with Crippen LogP contribution in [0.15, 0.2) is 0 Å². The van der Waals surface area contributed by atoms with Crippen LogP contribution in [0, 0.1) is 5.92 Å². The lowest BCUT2D eigenvalue weighted by Crippen LogP contribution is -2.44. The molecule has 0 amide bonds. The molecular weight excluding hydrogens is 272 g/mol. The summed E-state index contributed by atoms with van der Waals surface area (Å²) in [5.74, 6) is 1.01. The summed E-state index contributed by atoms with van der Waals surface area (Å²) in [7, 11) is -2.99. The van der Waals surface area contributed by atoms with E-state index in [0.717, 1.165) is 25.6 Å². The Morgan fingerprint density at radius 1 is 1.25 bits per heavy atom. The van der Waals surface area contributed by atoms with Crippen LogP contribution in [0.1, 0.15) is 47.5 Å². The quantitative estimate of drug-likeness (QED) is 0.814. The Hall–Kier alpha value is -0.130. The number of hydrogen-bond donors (Lipinski definition) is 1. The van der Waals surface area contributed by atoms with Gasteiger partial charge in [-0.2, -0.15) is 0 Å². The highest BCUT2D eigenvalue weighted by molar-refractivity contribution is 7.92. The zero-order valence-electron chi connectivity index (χ0n) is 13.8. The molecule has 1 rings (SSSR count). The van der Waals surface area contributed by atoms with E-state index in [1.54, 1.807) is 20.8 Å². The molecule has 0 aromatic rings. The average molecular weight is 305 g/mol. The van der Waals surface area contributed by atoms with E-state index < -0.39 is 14.6 Å². The molecule has 0 aromatic carbocycles. The minimum Gasteiger partial charge on any atom is -0.314 e. The van der Waals surface area contributed by atoms with Gasteiger partial charge in [0.15, 0.2) is 9.84 Å². The second kappa shape index (κ2) is 7.23. The summed E-state index contributed by atoms with van der Waals surface area (Å²) < 4.78 is 23.6. The second-order valence-corrected chi connectivity index (χ2v) is 9.82. The van der Waals surface area contributed by atoms with Gasteiger partial charge in [0.05, 0.1) is 10.5 Å². The van der Waals surface area contributed by atoms with E-state index >= 15 is 0 Å². The Labute approximate surface area is 125 Å². The third-order valence-corrected chi connectivity index (χ3v) is 7.06. The van der Waals surface area contributed by atoms with Crippen molar-refractivity contribution >= 4 is 9.84 Å². The van der Waals surface area contributed by atoms with E-state index in [4.69, 9.17) is 0 Å². The first-order valence-electron chi connectivity index (χ1n) is 7.85. The predicted molar refractivity (Wildman–Crippen MR) is 85.8 cm³/mol. The van der Waals surface area contributed by atoms with Crippen molar-refractivity contribution in [3.63, 3.8) is 0 Å². The lowest BCUT2D eigenvalue weighted by atomic mass is 9.90. The first kappa shape index (κ1) is 17.9. The van der Waals surface area contributed by atoms with E-state index in [1.165, 1.54) is 12.8 Å². The molecule has 0 radical (unpaired) electrons. The van der Waals surface area contributed by atoms with E-state index in [-0.39, 0.29) is 5.75 Å². The molecule has 20 heavy (non-hydrogen) atoms. The van der Waals surface area contributed by atoms with E-state index in [9.17, 15) is 8.42 Å². The Morgan fingerprint density at radius 3 is 2.25 bits per heavy atom. The van der Waals surface area contributed by atoms with Gasteiger partial charge in [-0.15, -0.1) is 0 Å². The first-order valence-corrected chi connectivity index (χ1v) is 9.50. The molecule has 0 spiro atoms. The van der Waals surface area contributed by atoms with E-state index in [2.05, 4.69) is 24.1 Å². The molecule has 1 unspecified atom stereocenters. The Bertz CT molecular complexity index is 379. The van der Waals surface area contributed by atoms with Crippen LogP contribution in [0.4, 0.5) is 0 Å². The van der Waals surface area contributed by atoms with Crippen molar-refractivity contribution in [1.29, 1.82) is 0 Å². The summed E-state index contributed by atoms with van der Waals surface area (Å²) in [4.78, 5) is 2.30. The van der Waals surface area contributed by atoms with Crippen molar-refractivity contribution in [2.75, 3.05) is 31.9 Å². The van der Waals surface area contributed by atoms with Gasteiger partial charge < -0.3 is 10.2 Å². The minimum atomic E-state index is -2.99. The monoisotopic (exact) mass is 304 g/mol. The maximum absolute atomic E-state index is 12.1. The maximum atomic E-state index is 12.1. The van der Waals surface area contributed by atoms with Crippen LogP contribution in [0.25, 0.3) is 0 Å². The van der Waals surface area contributed by atoms with Gasteiger partial charge in [0.25, 0.3) is 0 Å². The molecule has 1 N–H and O–H groups in total. The van der Waals surface area contributed by atoms with Gasteiger partial charge in [0.1, 0.15) is 0 Å². The molecule has 1 aliphatic heterocycles. The summed E-state index contributed by atoms with van der Waals surface area (Å²) in [6.07, 6.45) is 2.34. The number of piperidine rings is 1. The van der Waals surface area contributed by atoms with Crippen molar-refractivity contribution < 1.29 is 8.42 Å². The molecule has 1 aliphatic rings. The van der Waals surface area contributed by atoms with Gasteiger partial charge in [0, 0.05) is 12.6 Å². The van der Waals surface area contributed by atoms with Gasteiger partial charge in [0.2, 0.25) is 0 Å². The van der Waals surface area contributed by atoms with Crippen molar-refractivity contribution in [3.05, 3.63) is 0 Å². The minimum absolute atomic E-state index is 0.282. The first-order chi connectivity index (χ1) is 9.17. The molecule has 1 fully saturated rings. The number of hydrogen-bond acceptors (Lipinski definition) is 4. The van der Waals surface area contributed by atoms with Crippen molar-refractivity contribution in [2.45, 2.75) is 58.2 Å². The molecular formula is C15H32N2O2S. The van der Waals surface area contributed by atoms with Crippen LogP contribution < -0.4 is 5.32 Å². The molecule has 0 saturated carbocycles. The summed E-state index contributed by atoms with van der Waals surface area (Å²) in [6.45, 7) is 13.5. The maximum Gasteiger partial charge on any atom is 0.156 e. The van der Waals surface area contributed by atoms with Crippen LogP contribution in [-0.2, 0) is 9.84 Å². The number of sulfone groups is 1. The second-order valence-electron chi connectivity index (χ2n) is 6.96. The molecule has 1 atom stereocenters. The SMILES string of the molecule is CCNC(C)C1CCN(CCS(=O)(=O)C(C)(C)C)CC1. The summed E-state index contributed by atoms with van der Waals surface area (Å²) in [5, 5.41) is 3.49. The van der Waals surface area contributed by atoms with Crippen LogP contribution in [0.2, 0.25) is 0 Å². The van der Waals surface area contributed by atoms with Crippen LogP contribution >= 0.6 is 0 Å². The van der Waals surface area contributed by atoms with Gasteiger partial charge in [-0.1, -0.05) is 6.92 Å². The number of nitrogens with one attached hydrogen (secondary N) is 1. The van der Waals surface area contributed by atoms with Crippen molar-refractivity contribution in [2.24, 2.45) is 5.92 Å². The summed E-state index contributed by atoms with van der Waals surface area (Å²) in [5.41, 5.74) is 0. The highest BCUT2D eigenvalue weighted by Crippen LogP contribution is 2.21. The topological polar surface area (TPSA) is 49.4 Å². The normalized spacial score (nSPS) is 21.1. The lowest BCUT2D eigenvalue weighted by molar-refractivity contribution is 0.170. The molecule has 120 valence electrons. The molecule has 0 aromatic heterocycles. The standard InChI is InChI=1S/C15H32N2O2S/c1-6-16-13(2)14-7-9-17(10-8-14)11-12-20(18,19)15(3,4)5/h13-14,16H,6-12H2,1-5H3. The average Bonchev–Trinajstić information content (AvgIpc) is 2.36. The fourth-order valence-corrected chi connectivity index (χ4v) is 3.83. The predicted octanol–water partition coefficient (Wildman–Crippen LogP) is 1.91. The van der Waals surface area contributed by atoms with Crippen LogP contribution in [0.5, 0.6) is 0 Å². The Morgan fingerprint density at radius 2 is 1.80 bits per heavy atom. The molecule has 1 saturated heterocycles. The van der Waals surface area contributed by atoms with Crippen molar-refractivity contribution in [3.8, 4) is 0 Å². The molecule has 5 heteroatoms. The smallest absolute Gasteiger partial charge is 0.156 e. The van der Waals surface area contributed by atoms with Gasteiger partial charge in [-0.3, -0.25) is 0 Å². The van der Waals surface area contributed by atoms with Crippen molar-refractivity contribution in [1.82, 2.24) is 10.2 Å². The summed E-state index contributed by atoms with van der Waals surface area (Å²) >= 11 is 0. The third kappa shape index (κ3) is 5.01. The zero-order chi connectivity index (χ0) is 15.4. The van der Waals surface area contributed by atoms with Gasteiger partial charge in [-0.05, 0) is 66.1 Å². The molecule has 0 bridgehead atoms. The number of likely N-dealkylation sites (tertiary alicyclic amines) is 1.